The minimum absolute atomic E-state index is 0.583. The van der Waals surface area contributed by atoms with E-state index in [1.54, 1.807) is 0 Å². The summed E-state index contributed by atoms with van der Waals surface area (Å²) < 4.78 is 50.7. The summed E-state index contributed by atoms with van der Waals surface area (Å²) >= 11 is 0. The number of aliphatic hydroxyl groups is 4. The van der Waals surface area contributed by atoms with E-state index in [0.29, 0.717) is 6.08 Å². The lowest BCUT2D eigenvalue weighted by Crippen LogP contribution is -2.66. The molecule has 15 nitrogen and oxygen atoms in total. The number of carbonyl (C=O) groups is 2. The van der Waals surface area contributed by atoms with E-state index in [1.165, 1.54) is 0 Å². The summed E-state index contributed by atoms with van der Waals surface area (Å²) in [6, 6.07) is -1.46. The fourth-order valence-electron chi connectivity index (χ4n) is 2.91. The smallest absolute Gasteiger partial charge is 0.397 e. The average molecular weight is 459 g/mol. The fourth-order valence-corrected chi connectivity index (χ4v) is 3.39. The third-order valence-corrected chi connectivity index (χ3v) is 4.61. The van der Waals surface area contributed by atoms with E-state index < -0.39 is 83.8 Å². The summed E-state index contributed by atoms with van der Waals surface area (Å²) in [5.74, 6) is -3.21. The van der Waals surface area contributed by atoms with Crippen LogP contribution in [0.2, 0.25) is 0 Å². The van der Waals surface area contributed by atoms with Gasteiger partial charge in [-0.25, -0.2) is 8.98 Å². The number of carboxylic acids is 1. The van der Waals surface area contributed by atoms with Gasteiger partial charge in [0.1, 0.15) is 30.5 Å². The Labute approximate surface area is 169 Å². The van der Waals surface area contributed by atoms with Crippen LogP contribution >= 0.6 is 0 Å². The van der Waals surface area contributed by atoms with Gasteiger partial charge in [0.25, 0.3) is 0 Å². The molecule has 2 heterocycles. The highest BCUT2D eigenvalue weighted by molar-refractivity contribution is 7.80. The zero-order valence-corrected chi connectivity index (χ0v) is 16.1. The van der Waals surface area contributed by atoms with Crippen LogP contribution in [0.5, 0.6) is 0 Å². The molecule has 0 aliphatic carbocycles. The zero-order chi connectivity index (χ0) is 22.8. The minimum Gasteiger partial charge on any atom is -0.475 e. The molecule has 8 atom stereocenters. The molecule has 0 spiro atoms. The molecule has 0 aromatic rings. The van der Waals surface area contributed by atoms with Gasteiger partial charge < -0.3 is 45.1 Å². The number of aliphatic carboxylic acids is 1. The summed E-state index contributed by atoms with van der Waals surface area (Å²) in [7, 11) is -5.17. The standard InChI is InChI=1S/C14H21NO14S/c1-4(17)15-8-9(19)11(7(3-16)26-13(8)22)28-14-10(29-30(23,24)25)5(18)2-6(27-14)12(20)21/h2,5,7-11,13-14,16,18-19,22H,3H2,1H3,(H,15,17)(H,20,21)(H,23,24,25)/t5-,7+,8+,9+,10+,11+,13-,14+/m0/s1. The van der Waals surface area contributed by atoms with Gasteiger partial charge in [-0.05, 0) is 6.08 Å². The van der Waals surface area contributed by atoms with E-state index in [-0.39, 0.29) is 0 Å². The Morgan fingerprint density at radius 2 is 1.87 bits per heavy atom. The van der Waals surface area contributed by atoms with Crippen molar-refractivity contribution in [3.63, 3.8) is 0 Å². The third kappa shape index (κ3) is 5.84. The van der Waals surface area contributed by atoms with Gasteiger partial charge in [0, 0.05) is 6.92 Å². The topological polar surface area (TPSA) is 239 Å². The third-order valence-electron chi connectivity index (χ3n) is 4.15. The van der Waals surface area contributed by atoms with Crippen LogP contribution in [0.3, 0.4) is 0 Å². The molecule has 2 rings (SSSR count). The lowest BCUT2D eigenvalue weighted by Gasteiger charge is -2.44. The molecule has 30 heavy (non-hydrogen) atoms. The first-order chi connectivity index (χ1) is 13.8. The van der Waals surface area contributed by atoms with Crippen LogP contribution in [0.25, 0.3) is 0 Å². The van der Waals surface area contributed by atoms with Gasteiger partial charge in [-0.3, -0.25) is 9.35 Å². The van der Waals surface area contributed by atoms with Crippen LogP contribution < -0.4 is 5.32 Å². The highest BCUT2D eigenvalue weighted by Crippen LogP contribution is 2.29. The van der Waals surface area contributed by atoms with Crippen LogP contribution in [0.4, 0.5) is 0 Å². The highest BCUT2D eigenvalue weighted by atomic mass is 32.3. The first kappa shape index (κ1) is 24.4. The second-order valence-corrected chi connectivity index (χ2v) is 7.41. The van der Waals surface area contributed by atoms with Crippen molar-refractivity contribution in [2.24, 2.45) is 0 Å². The molecule has 1 fully saturated rings. The predicted octanol–water partition coefficient (Wildman–Crippen LogP) is -4.18. The van der Waals surface area contributed by atoms with Gasteiger partial charge in [-0.15, -0.1) is 0 Å². The first-order valence-electron chi connectivity index (χ1n) is 8.34. The molecule has 0 radical (unpaired) electrons. The molecule has 7 N–H and O–H groups in total. The Morgan fingerprint density at radius 3 is 2.37 bits per heavy atom. The van der Waals surface area contributed by atoms with Gasteiger partial charge in [-0.1, -0.05) is 0 Å². The number of hydrogen-bond donors (Lipinski definition) is 7. The van der Waals surface area contributed by atoms with E-state index >= 15 is 0 Å². The van der Waals surface area contributed by atoms with Crippen LogP contribution in [0.15, 0.2) is 11.8 Å². The molecule has 0 aromatic carbocycles. The highest BCUT2D eigenvalue weighted by Gasteiger charge is 2.50. The monoisotopic (exact) mass is 459 g/mol. The quantitative estimate of drug-likeness (QED) is 0.179. The predicted molar refractivity (Wildman–Crippen MR) is 89.5 cm³/mol. The molecular formula is C14H21NO14S. The second kappa shape index (κ2) is 9.50. The number of hydrogen-bond acceptors (Lipinski definition) is 12. The number of nitrogens with one attached hydrogen (secondary N) is 1. The van der Waals surface area contributed by atoms with E-state index in [9.17, 15) is 38.4 Å². The van der Waals surface area contributed by atoms with Gasteiger partial charge in [0.05, 0.1) is 6.61 Å². The first-order valence-corrected chi connectivity index (χ1v) is 9.71. The number of amides is 1. The molecule has 1 amide bonds. The summed E-state index contributed by atoms with van der Waals surface area (Å²) in [5.41, 5.74) is 0. The van der Waals surface area contributed by atoms with Crippen molar-refractivity contribution in [1.29, 1.82) is 0 Å². The van der Waals surface area contributed by atoms with Crippen molar-refractivity contribution < 1.29 is 66.5 Å². The molecule has 2 aliphatic rings. The summed E-state index contributed by atoms with van der Waals surface area (Å²) in [4.78, 5) is 22.5. The van der Waals surface area contributed by atoms with Crippen molar-refractivity contribution in [2.75, 3.05) is 6.61 Å². The van der Waals surface area contributed by atoms with Crippen LogP contribution in [-0.4, -0.2) is 106 Å². The molecule has 1 saturated heterocycles. The van der Waals surface area contributed by atoms with E-state index in [2.05, 4.69) is 9.50 Å². The maximum atomic E-state index is 11.3. The van der Waals surface area contributed by atoms with Crippen molar-refractivity contribution in [1.82, 2.24) is 5.32 Å². The Balaban J connectivity index is 2.33. The van der Waals surface area contributed by atoms with E-state index in [0.717, 1.165) is 6.92 Å². The molecule has 16 heteroatoms. The van der Waals surface area contributed by atoms with Crippen molar-refractivity contribution in [3.8, 4) is 0 Å². The number of carboxylic acid groups (broad SMARTS) is 1. The van der Waals surface area contributed by atoms with Crippen LogP contribution in [0, 0.1) is 0 Å². The normalized spacial score (nSPS) is 37.1. The molecule has 0 bridgehead atoms. The average Bonchev–Trinajstić information content (AvgIpc) is 2.61. The van der Waals surface area contributed by atoms with Gasteiger partial charge in [-0.2, -0.15) is 8.42 Å². The molecule has 172 valence electrons. The van der Waals surface area contributed by atoms with Crippen LogP contribution in [0.1, 0.15) is 6.92 Å². The maximum Gasteiger partial charge on any atom is 0.397 e. The van der Waals surface area contributed by atoms with Gasteiger partial charge >= 0.3 is 16.4 Å². The lowest BCUT2D eigenvalue weighted by molar-refractivity contribution is -0.304. The Kier molecular flexibility index (Phi) is 7.72. The molecule has 2 aliphatic heterocycles. The summed E-state index contributed by atoms with van der Waals surface area (Å²) in [6.45, 7) is 0.236. The second-order valence-electron chi connectivity index (χ2n) is 6.37. The largest absolute Gasteiger partial charge is 0.475 e. The van der Waals surface area contributed by atoms with Crippen molar-refractivity contribution in [3.05, 3.63) is 11.8 Å². The zero-order valence-electron chi connectivity index (χ0n) is 15.3. The fraction of sp³-hybridized carbons (Fsp3) is 0.714. The molecular weight excluding hydrogens is 438 g/mol. The van der Waals surface area contributed by atoms with Crippen LogP contribution in [-0.2, 0) is 38.4 Å². The Hall–Kier alpha value is -1.89. The lowest BCUT2D eigenvalue weighted by atomic mass is 9.96. The number of carbonyl (C=O) groups excluding carboxylic acids is 1. The van der Waals surface area contributed by atoms with E-state index in [4.69, 9.17) is 23.9 Å². The number of rotatable bonds is 7. The summed E-state index contributed by atoms with van der Waals surface area (Å²) in [5, 5.41) is 51.1. The SMILES string of the molecule is CC(=O)N[C@@H]1[C@@H](O)[C@H](O[C@H]2OC(C(=O)O)=C[C@H](O)[C@H]2OS(=O)(=O)O)[C@@H](CO)O[C@@H]1O. The molecule has 0 unspecified atom stereocenters. The minimum atomic E-state index is -5.17. The molecule has 0 aromatic heterocycles. The van der Waals surface area contributed by atoms with E-state index in [1.807, 2.05) is 0 Å². The van der Waals surface area contributed by atoms with Crippen molar-refractivity contribution >= 4 is 22.3 Å². The summed E-state index contributed by atoms with van der Waals surface area (Å²) in [6.07, 6.45) is -12.1. The number of ether oxygens (including phenoxy) is 3. The van der Waals surface area contributed by atoms with Gasteiger partial charge in [0.15, 0.2) is 12.4 Å². The number of aliphatic hydroxyl groups excluding tert-OH is 4. The maximum absolute atomic E-state index is 11.3. The van der Waals surface area contributed by atoms with Crippen molar-refractivity contribution in [2.45, 2.75) is 56.1 Å². The Morgan fingerprint density at radius 1 is 1.23 bits per heavy atom. The molecule has 0 saturated carbocycles. The Bertz CT molecular complexity index is 784. The van der Waals surface area contributed by atoms with Gasteiger partial charge in [0.2, 0.25) is 18.0 Å².